The number of carbonyl (C=O) groups is 2. The Balaban J connectivity index is 1.52. The van der Waals surface area contributed by atoms with Gasteiger partial charge in [-0.3, -0.25) is 9.59 Å². The lowest BCUT2D eigenvalue weighted by Crippen LogP contribution is -2.38. The lowest BCUT2D eigenvalue weighted by molar-refractivity contribution is -0.124. The lowest BCUT2D eigenvalue weighted by atomic mass is 10.3. The molecule has 0 bridgehead atoms. The Hall–Kier alpha value is -3.02. The molecule has 0 aliphatic rings. The van der Waals surface area contributed by atoms with Crippen LogP contribution in [0.3, 0.4) is 0 Å². The maximum atomic E-state index is 11.6. The number of benzene rings is 2. The van der Waals surface area contributed by atoms with Crippen LogP contribution in [0.1, 0.15) is 0 Å². The summed E-state index contributed by atoms with van der Waals surface area (Å²) in [5, 5.41) is 5.33. The smallest absolute Gasteiger partial charge is 0.258 e. The summed E-state index contributed by atoms with van der Waals surface area (Å²) in [6, 6.07) is 18.2. The molecule has 2 N–H and O–H groups in total. The average molecular weight is 328 g/mol. The number of nitrogens with one attached hydrogen (secondary N) is 2. The zero-order valence-corrected chi connectivity index (χ0v) is 13.2. The second-order valence-corrected chi connectivity index (χ2v) is 4.90. The van der Waals surface area contributed by atoms with Gasteiger partial charge in [-0.25, -0.2) is 0 Å². The molecule has 2 aromatic carbocycles. The first-order valence-corrected chi connectivity index (χ1v) is 7.63. The first kappa shape index (κ1) is 17.3. The largest absolute Gasteiger partial charge is 0.484 e. The number of ether oxygens (including phenoxy) is 2. The van der Waals surface area contributed by atoms with E-state index < -0.39 is 0 Å². The number of para-hydroxylation sites is 2. The van der Waals surface area contributed by atoms with Crippen LogP contribution in [0.2, 0.25) is 0 Å². The SMILES string of the molecule is O=C(COc1ccccc1)NCCNC(=O)COc1ccccc1. The van der Waals surface area contributed by atoms with Crippen molar-refractivity contribution in [2.45, 2.75) is 0 Å². The summed E-state index contributed by atoms with van der Waals surface area (Å²) < 4.78 is 10.6. The molecule has 6 nitrogen and oxygen atoms in total. The highest BCUT2D eigenvalue weighted by Crippen LogP contribution is 2.08. The molecule has 0 saturated carbocycles. The lowest BCUT2D eigenvalue weighted by Gasteiger charge is -2.09. The van der Waals surface area contributed by atoms with Gasteiger partial charge in [0.05, 0.1) is 0 Å². The maximum absolute atomic E-state index is 11.6. The third kappa shape index (κ3) is 6.83. The summed E-state index contributed by atoms with van der Waals surface area (Å²) in [6.45, 7) is 0.534. The highest BCUT2D eigenvalue weighted by molar-refractivity contribution is 5.78. The van der Waals surface area contributed by atoms with E-state index >= 15 is 0 Å². The minimum atomic E-state index is -0.242. The summed E-state index contributed by atoms with van der Waals surface area (Å²) in [6.07, 6.45) is 0. The molecule has 6 heteroatoms. The van der Waals surface area contributed by atoms with Gasteiger partial charge >= 0.3 is 0 Å². The molecule has 0 atom stereocenters. The molecule has 2 aromatic rings. The predicted octanol–water partition coefficient (Wildman–Crippen LogP) is 1.38. The Morgan fingerprint density at radius 2 is 1.04 bits per heavy atom. The molecule has 0 fully saturated rings. The normalized spacial score (nSPS) is 9.83. The van der Waals surface area contributed by atoms with E-state index in [-0.39, 0.29) is 25.0 Å². The van der Waals surface area contributed by atoms with Crippen molar-refractivity contribution in [2.24, 2.45) is 0 Å². The van der Waals surface area contributed by atoms with Gasteiger partial charge in [0.1, 0.15) is 11.5 Å². The number of rotatable bonds is 9. The van der Waals surface area contributed by atoms with E-state index in [0.717, 1.165) is 0 Å². The van der Waals surface area contributed by atoms with Crippen molar-refractivity contribution in [3.63, 3.8) is 0 Å². The fourth-order valence-electron chi connectivity index (χ4n) is 1.84. The minimum absolute atomic E-state index is 0.0604. The molecule has 0 aliphatic carbocycles. The van der Waals surface area contributed by atoms with E-state index in [9.17, 15) is 9.59 Å². The Bertz CT molecular complexity index is 574. The Kier molecular flexibility index (Phi) is 7.14. The highest BCUT2D eigenvalue weighted by atomic mass is 16.5. The standard InChI is InChI=1S/C18H20N2O4/c21-17(13-23-15-7-3-1-4-8-15)19-11-12-20-18(22)14-24-16-9-5-2-6-10-16/h1-10H,11-14H2,(H,19,21)(H,20,22). The van der Waals surface area contributed by atoms with Gasteiger partial charge in [-0.15, -0.1) is 0 Å². The van der Waals surface area contributed by atoms with E-state index in [1.807, 2.05) is 36.4 Å². The van der Waals surface area contributed by atoms with E-state index in [4.69, 9.17) is 9.47 Å². The summed E-state index contributed by atoms with van der Waals surface area (Å²) in [7, 11) is 0. The molecule has 0 saturated heterocycles. The van der Waals surface area contributed by atoms with Crippen LogP contribution in [0.4, 0.5) is 0 Å². The molecular formula is C18H20N2O4. The number of amides is 2. The molecule has 0 aliphatic heterocycles. The van der Waals surface area contributed by atoms with Gasteiger partial charge in [-0.05, 0) is 24.3 Å². The molecule has 0 radical (unpaired) electrons. The third-order valence-corrected chi connectivity index (χ3v) is 3.00. The third-order valence-electron chi connectivity index (χ3n) is 3.00. The fraction of sp³-hybridized carbons (Fsp3) is 0.222. The average Bonchev–Trinajstić information content (AvgIpc) is 2.63. The van der Waals surface area contributed by atoms with Crippen LogP contribution in [0.15, 0.2) is 60.7 Å². The zero-order chi connectivity index (χ0) is 17.0. The van der Waals surface area contributed by atoms with Crippen molar-refractivity contribution in [3.05, 3.63) is 60.7 Å². The molecular weight excluding hydrogens is 308 g/mol. The van der Waals surface area contributed by atoms with Crippen LogP contribution in [0.25, 0.3) is 0 Å². The van der Waals surface area contributed by atoms with Crippen molar-refractivity contribution >= 4 is 11.8 Å². The Morgan fingerprint density at radius 3 is 1.42 bits per heavy atom. The van der Waals surface area contributed by atoms with Gasteiger partial charge < -0.3 is 20.1 Å². The van der Waals surface area contributed by atoms with Gasteiger partial charge in [-0.1, -0.05) is 36.4 Å². The van der Waals surface area contributed by atoms with Crippen LogP contribution in [0.5, 0.6) is 11.5 Å². The first-order valence-electron chi connectivity index (χ1n) is 7.63. The van der Waals surface area contributed by atoms with E-state index in [0.29, 0.717) is 24.6 Å². The minimum Gasteiger partial charge on any atom is -0.484 e. The summed E-state index contributed by atoms with van der Waals surface area (Å²) in [5.74, 6) is 0.792. The topological polar surface area (TPSA) is 76.7 Å². The van der Waals surface area contributed by atoms with Gasteiger partial charge in [0, 0.05) is 13.1 Å². The van der Waals surface area contributed by atoms with Crippen molar-refractivity contribution < 1.29 is 19.1 Å². The molecule has 24 heavy (non-hydrogen) atoms. The van der Waals surface area contributed by atoms with Gasteiger partial charge in [0.25, 0.3) is 11.8 Å². The highest BCUT2D eigenvalue weighted by Gasteiger charge is 2.04. The molecule has 0 unspecified atom stereocenters. The van der Waals surface area contributed by atoms with E-state index in [1.165, 1.54) is 0 Å². The van der Waals surface area contributed by atoms with Crippen molar-refractivity contribution in [1.29, 1.82) is 0 Å². The number of hydrogen-bond donors (Lipinski definition) is 2. The van der Waals surface area contributed by atoms with E-state index in [2.05, 4.69) is 10.6 Å². The number of hydrogen-bond acceptors (Lipinski definition) is 4. The van der Waals surface area contributed by atoms with Crippen LogP contribution < -0.4 is 20.1 Å². The Morgan fingerprint density at radius 1 is 0.667 bits per heavy atom. The van der Waals surface area contributed by atoms with Crippen LogP contribution in [-0.2, 0) is 9.59 Å². The quantitative estimate of drug-likeness (QED) is 0.682. The molecule has 0 spiro atoms. The molecule has 0 aromatic heterocycles. The van der Waals surface area contributed by atoms with Crippen LogP contribution in [-0.4, -0.2) is 38.1 Å². The van der Waals surface area contributed by atoms with Crippen molar-refractivity contribution in [2.75, 3.05) is 26.3 Å². The van der Waals surface area contributed by atoms with E-state index in [1.54, 1.807) is 24.3 Å². The van der Waals surface area contributed by atoms with Crippen molar-refractivity contribution in [1.82, 2.24) is 10.6 Å². The molecule has 126 valence electrons. The molecule has 2 rings (SSSR count). The number of carbonyl (C=O) groups excluding carboxylic acids is 2. The molecule has 2 amide bonds. The summed E-state index contributed by atoms with van der Waals surface area (Å²) in [5.41, 5.74) is 0. The Labute approximate surface area is 140 Å². The predicted molar refractivity (Wildman–Crippen MR) is 89.9 cm³/mol. The summed E-state index contributed by atoms with van der Waals surface area (Å²) >= 11 is 0. The second-order valence-electron chi connectivity index (χ2n) is 4.90. The van der Waals surface area contributed by atoms with Gasteiger partial charge in [0.15, 0.2) is 13.2 Å². The van der Waals surface area contributed by atoms with Gasteiger partial charge in [-0.2, -0.15) is 0 Å². The van der Waals surface area contributed by atoms with Crippen LogP contribution >= 0.6 is 0 Å². The first-order chi connectivity index (χ1) is 11.7. The second kappa shape index (κ2) is 9.89. The summed E-state index contributed by atoms with van der Waals surface area (Å²) in [4.78, 5) is 23.2. The maximum Gasteiger partial charge on any atom is 0.258 e. The monoisotopic (exact) mass is 328 g/mol. The zero-order valence-electron chi connectivity index (χ0n) is 13.2. The van der Waals surface area contributed by atoms with Crippen molar-refractivity contribution in [3.8, 4) is 11.5 Å². The molecule has 0 heterocycles. The van der Waals surface area contributed by atoms with Gasteiger partial charge in [0.2, 0.25) is 0 Å². The fourth-order valence-corrected chi connectivity index (χ4v) is 1.84. The van der Waals surface area contributed by atoms with Crippen LogP contribution in [0, 0.1) is 0 Å².